The van der Waals surface area contributed by atoms with Crippen molar-refractivity contribution in [1.82, 2.24) is 14.5 Å². The molecule has 0 bridgehead atoms. The summed E-state index contributed by atoms with van der Waals surface area (Å²) in [7, 11) is 0. The Morgan fingerprint density at radius 2 is 1.89 bits per heavy atom. The summed E-state index contributed by atoms with van der Waals surface area (Å²) < 4.78 is 2.20. The number of hydrogen-bond donors (Lipinski definition) is 3. The maximum Gasteiger partial charge on any atom is 0.414 e. The number of amides is 1. The number of carbonyl (C=O) groups is 3. The Balaban J connectivity index is 0.000000330. The third-order valence-electron chi connectivity index (χ3n) is 4.94. The number of fused-ring (bicyclic) bond motifs is 1. The van der Waals surface area contributed by atoms with E-state index < -0.39 is 17.5 Å². The van der Waals surface area contributed by atoms with E-state index in [1.165, 1.54) is 4.88 Å². The molecule has 28 heavy (non-hydrogen) atoms. The van der Waals surface area contributed by atoms with Crippen LogP contribution < -0.4 is 0 Å². The highest BCUT2D eigenvalue weighted by molar-refractivity contribution is 7.13. The number of aliphatic hydroxyl groups is 1. The Labute approximate surface area is 164 Å². The quantitative estimate of drug-likeness (QED) is 0.655. The minimum absolute atomic E-state index is 0.0501. The standard InChI is InChI=1S/C16H19N3O2S.C2H2O4/c20-15(9-16(21)4-2-5-16)18-6-7-19-12(10-17-14(19)11-18)13-3-1-8-22-13;3-1(4)2(5)6/h1,3,8,10,21H,2,4-7,9,11H2;(H,3,4)(H,5,6). The van der Waals surface area contributed by atoms with Crippen LogP contribution in [-0.4, -0.2) is 59.8 Å². The summed E-state index contributed by atoms with van der Waals surface area (Å²) in [5.41, 5.74) is 0.390. The van der Waals surface area contributed by atoms with Gasteiger partial charge in [0.05, 0.1) is 35.3 Å². The smallest absolute Gasteiger partial charge is 0.414 e. The van der Waals surface area contributed by atoms with E-state index in [0.29, 0.717) is 13.1 Å². The van der Waals surface area contributed by atoms with Crippen LogP contribution in [0, 0.1) is 0 Å². The van der Waals surface area contributed by atoms with Crippen LogP contribution in [0.1, 0.15) is 31.5 Å². The summed E-state index contributed by atoms with van der Waals surface area (Å²) in [6, 6.07) is 4.14. The summed E-state index contributed by atoms with van der Waals surface area (Å²) in [5.74, 6) is -2.66. The van der Waals surface area contributed by atoms with Gasteiger partial charge in [0.25, 0.3) is 0 Å². The van der Waals surface area contributed by atoms with Gasteiger partial charge in [-0.25, -0.2) is 14.6 Å². The number of thiophene rings is 1. The second kappa shape index (κ2) is 8.11. The summed E-state index contributed by atoms with van der Waals surface area (Å²) >= 11 is 1.70. The van der Waals surface area contributed by atoms with Crippen LogP contribution >= 0.6 is 11.3 Å². The number of rotatable bonds is 3. The lowest BCUT2D eigenvalue weighted by Gasteiger charge is -2.38. The van der Waals surface area contributed by atoms with Gasteiger partial charge in [-0.2, -0.15) is 0 Å². The van der Waals surface area contributed by atoms with E-state index in [0.717, 1.165) is 37.3 Å². The number of carbonyl (C=O) groups excluding carboxylic acids is 1. The maximum absolute atomic E-state index is 12.4. The molecule has 1 saturated carbocycles. The molecule has 1 amide bonds. The normalized spacial score (nSPS) is 17.0. The lowest BCUT2D eigenvalue weighted by molar-refractivity contribution is -0.159. The van der Waals surface area contributed by atoms with E-state index in [9.17, 15) is 9.90 Å². The van der Waals surface area contributed by atoms with Crippen LogP contribution in [0.25, 0.3) is 10.6 Å². The first-order valence-corrected chi connectivity index (χ1v) is 9.72. The van der Waals surface area contributed by atoms with Gasteiger partial charge in [0, 0.05) is 13.1 Å². The number of aromatic nitrogens is 2. The van der Waals surface area contributed by atoms with Crippen LogP contribution in [-0.2, 0) is 27.5 Å². The Kier molecular flexibility index (Phi) is 5.80. The third kappa shape index (κ3) is 4.39. The topological polar surface area (TPSA) is 133 Å². The summed E-state index contributed by atoms with van der Waals surface area (Å²) in [4.78, 5) is 38.1. The number of carboxylic acid groups (broad SMARTS) is 2. The second-order valence-electron chi connectivity index (χ2n) is 6.87. The summed E-state index contributed by atoms with van der Waals surface area (Å²) in [5, 5.41) is 27.0. The molecule has 0 radical (unpaired) electrons. The number of aliphatic carboxylic acids is 2. The lowest BCUT2D eigenvalue weighted by Crippen LogP contribution is -2.45. The predicted octanol–water partition coefficient (Wildman–Crippen LogP) is 1.41. The number of carboxylic acids is 2. The predicted molar refractivity (Wildman–Crippen MR) is 99.6 cm³/mol. The molecule has 9 nitrogen and oxygen atoms in total. The molecule has 2 aliphatic rings. The van der Waals surface area contributed by atoms with Gasteiger partial charge in [-0.3, -0.25) is 4.79 Å². The van der Waals surface area contributed by atoms with Crippen molar-refractivity contribution in [1.29, 1.82) is 0 Å². The lowest BCUT2D eigenvalue weighted by atomic mass is 9.77. The van der Waals surface area contributed by atoms with Gasteiger partial charge in [0.2, 0.25) is 5.91 Å². The molecule has 1 fully saturated rings. The fourth-order valence-electron chi connectivity index (χ4n) is 3.25. The third-order valence-corrected chi connectivity index (χ3v) is 5.83. The van der Waals surface area contributed by atoms with Crippen molar-refractivity contribution in [2.24, 2.45) is 0 Å². The molecule has 1 aliphatic carbocycles. The van der Waals surface area contributed by atoms with E-state index in [1.54, 1.807) is 11.3 Å². The molecular formula is C18H21N3O6S. The Hall–Kier alpha value is -2.72. The van der Waals surface area contributed by atoms with Crippen LogP contribution in [0.4, 0.5) is 0 Å². The molecule has 3 heterocycles. The zero-order valence-electron chi connectivity index (χ0n) is 15.1. The molecule has 1 aliphatic heterocycles. The van der Waals surface area contributed by atoms with Crippen LogP contribution in [0.15, 0.2) is 23.7 Å². The van der Waals surface area contributed by atoms with Crippen LogP contribution in [0.2, 0.25) is 0 Å². The first kappa shape index (κ1) is 20.0. The van der Waals surface area contributed by atoms with Crippen molar-refractivity contribution >= 4 is 29.2 Å². The molecular weight excluding hydrogens is 386 g/mol. The number of nitrogens with zero attached hydrogens (tertiary/aromatic N) is 3. The van der Waals surface area contributed by atoms with Gasteiger partial charge in [-0.1, -0.05) is 6.07 Å². The molecule has 150 valence electrons. The first-order valence-electron chi connectivity index (χ1n) is 8.84. The highest BCUT2D eigenvalue weighted by Crippen LogP contribution is 2.35. The van der Waals surface area contributed by atoms with Crippen molar-refractivity contribution in [2.75, 3.05) is 6.54 Å². The van der Waals surface area contributed by atoms with Gasteiger partial charge in [-0.05, 0) is 30.7 Å². The van der Waals surface area contributed by atoms with Gasteiger partial charge in [0.1, 0.15) is 5.82 Å². The van der Waals surface area contributed by atoms with E-state index >= 15 is 0 Å². The van der Waals surface area contributed by atoms with E-state index in [-0.39, 0.29) is 12.3 Å². The van der Waals surface area contributed by atoms with Crippen molar-refractivity contribution < 1.29 is 29.7 Å². The molecule has 4 rings (SSSR count). The molecule has 2 aromatic rings. The molecule has 0 saturated heterocycles. The van der Waals surface area contributed by atoms with E-state index in [2.05, 4.69) is 21.0 Å². The summed E-state index contributed by atoms with van der Waals surface area (Å²) in [6.07, 6.45) is 4.69. The maximum atomic E-state index is 12.4. The zero-order valence-corrected chi connectivity index (χ0v) is 15.9. The van der Waals surface area contributed by atoms with Crippen molar-refractivity contribution in [3.63, 3.8) is 0 Å². The summed E-state index contributed by atoms with van der Waals surface area (Å²) in [6.45, 7) is 2.00. The van der Waals surface area contributed by atoms with Crippen molar-refractivity contribution in [3.05, 3.63) is 29.5 Å². The molecule has 0 aromatic carbocycles. The SMILES string of the molecule is O=C(CC1(O)CCC1)N1CCn2c(-c3cccs3)cnc2C1.O=C(O)C(=O)O. The average molecular weight is 407 g/mol. The van der Waals surface area contributed by atoms with Gasteiger partial charge in [0.15, 0.2) is 0 Å². The molecule has 0 unspecified atom stereocenters. The van der Waals surface area contributed by atoms with Crippen molar-refractivity contribution in [3.8, 4) is 10.6 Å². The molecule has 10 heteroatoms. The van der Waals surface area contributed by atoms with Crippen LogP contribution in [0.3, 0.4) is 0 Å². The highest BCUT2D eigenvalue weighted by Gasteiger charge is 2.38. The second-order valence-corrected chi connectivity index (χ2v) is 7.82. The first-order chi connectivity index (χ1) is 13.3. The van der Waals surface area contributed by atoms with Gasteiger partial charge >= 0.3 is 11.9 Å². The van der Waals surface area contributed by atoms with Gasteiger partial charge in [-0.15, -0.1) is 11.3 Å². The fraction of sp³-hybridized carbons (Fsp3) is 0.444. The molecule has 2 aromatic heterocycles. The average Bonchev–Trinajstić information content (AvgIpc) is 3.29. The Morgan fingerprint density at radius 1 is 1.18 bits per heavy atom. The van der Waals surface area contributed by atoms with Crippen LogP contribution in [0.5, 0.6) is 0 Å². The zero-order chi connectivity index (χ0) is 20.3. The molecule has 3 N–H and O–H groups in total. The van der Waals surface area contributed by atoms with Crippen molar-refractivity contribution in [2.45, 2.75) is 44.4 Å². The Morgan fingerprint density at radius 3 is 2.43 bits per heavy atom. The molecule has 0 atom stereocenters. The van der Waals surface area contributed by atoms with E-state index in [1.807, 2.05) is 17.2 Å². The fourth-order valence-corrected chi connectivity index (χ4v) is 3.99. The van der Waals surface area contributed by atoms with Gasteiger partial charge < -0.3 is 24.8 Å². The number of hydrogen-bond acceptors (Lipinski definition) is 6. The monoisotopic (exact) mass is 407 g/mol. The minimum Gasteiger partial charge on any atom is -0.473 e. The number of imidazole rings is 1. The largest absolute Gasteiger partial charge is 0.473 e. The Bertz CT molecular complexity index is 860. The highest BCUT2D eigenvalue weighted by atomic mass is 32.1. The molecule has 0 spiro atoms. The minimum atomic E-state index is -1.82. The van der Waals surface area contributed by atoms with E-state index in [4.69, 9.17) is 19.8 Å².